The quantitative estimate of drug-likeness (QED) is 0.151. The molecule has 1 atom stereocenters. The first-order valence-corrected chi connectivity index (χ1v) is 6.78. The molecule has 15 heteroatoms. The highest BCUT2D eigenvalue weighted by atomic mass is 16.4. The Morgan fingerprint density at radius 1 is 0.815 bits per heavy atom. The fourth-order valence-electron chi connectivity index (χ4n) is 0.829. The van der Waals surface area contributed by atoms with E-state index >= 15 is 0 Å². The molecule has 0 spiro atoms. The molecule has 0 aliphatic rings. The van der Waals surface area contributed by atoms with E-state index in [4.69, 9.17) is 47.8 Å². The smallest absolute Gasteiger partial charge is 0.333 e. The van der Waals surface area contributed by atoms with E-state index in [1.54, 1.807) is 0 Å². The molecule has 11 N–H and O–H groups in total. The van der Waals surface area contributed by atoms with Crippen molar-refractivity contribution in [3.8, 4) is 0 Å². The van der Waals surface area contributed by atoms with E-state index in [1.165, 1.54) is 14.1 Å². The van der Waals surface area contributed by atoms with E-state index in [-0.39, 0.29) is 25.0 Å². The number of hydrogen-bond donors (Lipinski definition) is 9. The van der Waals surface area contributed by atoms with Gasteiger partial charge in [-0.15, -0.1) is 0 Å². The Labute approximate surface area is 153 Å². The molecule has 0 amide bonds. The number of guanidine groups is 2. The monoisotopic (exact) mass is 396 g/mol. The molecule has 15 nitrogen and oxygen atoms in total. The Bertz CT molecular complexity index is 477. The second-order valence-corrected chi connectivity index (χ2v) is 4.72. The molecule has 27 heavy (non-hydrogen) atoms. The predicted molar refractivity (Wildman–Crippen MR) is 90.3 cm³/mol. The van der Waals surface area contributed by atoms with Crippen LogP contribution in [0.2, 0.25) is 0 Å². The van der Waals surface area contributed by atoms with E-state index in [0.29, 0.717) is 0 Å². The largest absolute Gasteiger partial charge is 0.481 e. The van der Waals surface area contributed by atoms with Crippen LogP contribution >= 0.6 is 0 Å². The molecule has 0 fully saturated rings. The number of likely N-dealkylation sites (N-methyl/N-ethyl adjacent to an activating group) is 2. The Kier molecular flexibility index (Phi) is 15.4. The average Bonchev–Trinajstić information content (AvgIpc) is 2.46. The number of nitrogens with two attached hydrogens (primary N) is 2. The number of aliphatic carboxylic acids is 4. The maximum absolute atomic E-state index is 9.92. The van der Waals surface area contributed by atoms with Gasteiger partial charge in [0.05, 0.1) is 6.42 Å². The summed E-state index contributed by atoms with van der Waals surface area (Å²) in [6, 6.07) is 0. The van der Waals surface area contributed by atoms with Crippen LogP contribution in [-0.4, -0.2) is 104 Å². The number of aliphatic hydroxyl groups excluding tert-OH is 1. The van der Waals surface area contributed by atoms with Crippen molar-refractivity contribution in [3.05, 3.63) is 0 Å². The summed E-state index contributed by atoms with van der Waals surface area (Å²) in [5.74, 6) is -5.31. The highest BCUT2D eigenvalue weighted by molar-refractivity contribution is 5.80. The van der Waals surface area contributed by atoms with Crippen LogP contribution in [0.5, 0.6) is 0 Å². The lowest BCUT2D eigenvalue weighted by Gasteiger charge is -2.12. The Balaban J connectivity index is -0.000000320. The van der Waals surface area contributed by atoms with Gasteiger partial charge in [-0.1, -0.05) is 0 Å². The summed E-state index contributed by atoms with van der Waals surface area (Å²) in [7, 11) is 2.88. The van der Waals surface area contributed by atoms with Crippen molar-refractivity contribution in [1.29, 1.82) is 10.8 Å². The molecule has 0 aliphatic carbocycles. The van der Waals surface area contributed by atoms with Crippen molar-refractivity contribution in [3.63, 3.8) is 0 Å². The molecule has 0 bridgehead atoms. The molecule has 0 aromatic carbocycles. The van der Waals surface area contributed by atoms with Crippen LogP contribution in [0.1, 0.15) is 6.42 Å². The van der Waals surface area contributed by atoms with Crippen molar-refractivity contribution in [2.75, 3.05) is 27.2 Å². The predicted octanol–water partition coefficient (Wildman–Crippen LogP) is -3.30. The first kappa shape index (κ1) is 28.2. The van der Waals surface area contributed by atoms with Crippen LogP contribution in [0.3, 0.4) is 0 Å². The van der Waals surface area contributed by atoms with Gasteiger partial charge in [0.15, 0.2) is 18.0 Å². The van der Waals surface area contributed by atoms with E-state index in [1.807, 2.05) is 0 Å². The van der Waals surface area contributed by atoms with Crippen molar-refractivity contribution in [2.24, 2.45) is 11.5 Å². The Morgan fingerprint density at radius 3 is 1.19 bits per heavy atom. The average molecular weight is 396 g/mol. The standard InChI is InChI=1S/2C4H9N3O2.C4H6O5/c2*1-7(4(5)6)2-3(8)9;5-2(4(8)9)1-3(6)7/h2*2H2,1H3,(H3,5,6)(H,8,9);2,5H,1H2,(H,6,7)(H,8,9). The van der Waals surface area contributed by atoms with E-state index in [0.717, 1.165) is 9.80 Å². The van der Waals surface area contributed by atoms with Crippen molar-refractivity contribution in [2.45, 2.75) is 12.5 Å². The molecule has 0 saturated heterocycles. The number of rotatable bonds is 7. The van der Waals surface area contributed by atoms with Crippen LogP contribution in [0.15, 0.2) is 0 Å². The van der Waals surface area contributed by atoms with Gasteiger partial charge in [-0.2, -0.15) is 0 Å². The molecular weight excluding hydrogens is 372 g/mol. The number of aliphatic hydroxyl groups is 1. The third kappa shape index (κ3) is 22.4. The summed E-state index contributed by atoms with van der Waals surface area (Å²) in [6.07, 6.45) is -2.54. The third-order valence-corrected chi connectivity index (χ3v) is 2.22. The summed E-state index contributed by atoms with van der Waals surface area (Å²) in [4.78, 5) is 41.5. The van der Waals surface area contributed by atoms with Gasteiger partial charge in [0.25, 0.3) is 0 Å². The number of carbonyl (C=O) groups is 4. The number of carboxylic acids is 4. The number of hydrogen-bond acceptors (Lipinski definition) is 7. The Hall–Kier alpha value is -3.62. The van der Waals surface area contributed by atoms with Crippen molar-refractivity contribution >= 4 is 35.8 Å². The van der Waals surface area contributed by atoms with Crippen LogP contribution in [0.4, 0.5) is 0 Å². The summed E-state index contributed by atoms with van der Waals surface area (Å²) < 4.78 is 0. The highest BCUT2D eigenvalue weighted by Gasteiger charge is 2.16. The Morgan fingerprint density at radius 2 is 1.11 bits per heavy atom. The van der Waals surface area contributed by atoms with Gasteiger partial charge in [-0.3, -0.25) is 25.2 Å². The fourth-order valence-corrected chi connectivity index (χ4v) is 0.829. The number of nitrogens with one attached hydrogen (secondary N) is 2. The minimum atomic E-state index is -1.79. The highest BCUT2D eigenvalue weighted by Crippen LogP contribution is 1.89. The van der Waals surface area contributed by atoms with Crippen LogP contribution < -0.4 is 11.5 Å². The molecule has 156 valence electrons. The molecule has 0 aromatic rings. The second-order valence-electron chi connectivity index (χ2n) is 4.72. The minimum Gasteiger partial charge on any atom is -0.481 e. The van der Waals surface area contributed by atoms with Crippen molar-refractivity contribution in [1.82, 2.24) is 9.80 Å². The summed E-state index contributed by atoms with van der Waals surface area (Å²) >= 11 is 0. The maximum atomic E-state index is 9.92. The molecule has 0 radical (unpaired) electrons. The first-order valence-electron chi connectivity index (χ1n) is 6.78. The second kappa shape index (κ2) is 14.7. The minimum absolute atomic E-state index is 0.227. The summed E-state index contributed by atoms with van der Waals surface area (Å²) in [6.45, 7) is -0.454. The third-order valence-electron chi connectivity index (χ3n) is 2.22. The zero-order valence-electron chi connectivity index (χ0n) is 14.6. The van der Waals surface area contributed by atoms with Gasteiger partial charge < -0.3 is 46.8 Å². The lowest BCUT2D eigenvalue weighted by molar-refractivity contribution is -0.152. The van der Waals surface area contributed by atoms with Gasteiger partial charge in [0.2, 0.25) is 0 Å². The zero-order chi connectivity index (χ0) is 22.3. The van der Waals surface area contributed by atoms with E-state index in [9.17, 15) is 19.2 Å². The van der Waals surface area contributed by atoms with Gasteiger partial charge in [0.1, 0.15) is 13.1 Å². The molecule has 0 rings (SSSR count). The van der Waals surface area contributed by atoms with Gasteiger partial charge >= 0.3 is 23.9 Å². The lowest BCUT2D eigenvalue weighted by atomic mass is 10.3. The van der Waals surface area contributed by atoms with Gasteiger partial charge in [0, 0.05) is 14.1 Å². The molecule has 0 aliphatic heterocycles. The zero-order valence-corrected chi connectivity index (χ0v) is 14.6. The van der Waals surface area contributed by atoms with Gasteiger partial charge in [-0.05, 0) is 0 Å². The van der Waals surface area contributed by atoms with E-state index in [2.05, 4.69) is 0 Å². The van der Waals surface area contributed by atoms with Gasteiger partial charge in [-0.25, -0.2) is 4.79 Å². The topological polar surface area (TPSA) is 276 Å². The summed E-state index contributed by atoms with van der Waals surface area (Å²) in [5, 5.41) is 53.9. The van der Waals surface area contributed by atoms with E-state index < -0.39 is 36.4 Å². The first-order chi connectivity index (χ1) is 12.1. The molecule has 1 unspecified atom stereocenters. The normalized spacial score (nSPS) is 9.89. The molecular formula is C12H24N6O9. The lowest BCUT2D eigenvalue weighted by Crippen LogP contribution is -2.36. The van der Waals surface area contributed by atoms with Crippen molar-refractivity contribution < 1.29 is 44.7 Å². The maximum Gasteiger partial charge on any atom is 0.333 e. The van der Waals surface area contributed by atoms with Crippen LogP contribution in [0, 0.1) is 10.8 Å². The molecule has 0 heterocycles. The molecule has 0 saturated carbocycles. The SMILES string of the molecule is CN(CC(=O)O)C(=N)N.CN(CC(=O)O)C(=N)N.O=C(O)CC(O)C(=O)O. The van der Waals surface area contributed by atoms with Crippen LogP contribution in [-0.2, 0) is 19.2 Å². The molecule has 0 aromatic heterocycles. The fraction of sp³-hybridized carbons (Fsp3) is 0.500. The van der Waals surface area contributed by atoms with Crippen LogP contribution in [0.25, 0.3) is 0 Å². The number of nitrogens with zero attached hydrogens (tertiary/aromatic N) is 2. The number of carboxylic acid groups (broad SMARTS) is 4. The summed E-state index contributed by atoms with van der Waals surface area (Å²) in [5.41, 5.74) is 9.86.